The quantitative estimate of drug-likeness (QED) is 0.603. The standard InChI is InChI=1S/C8H13NOS/c1-5-4-6(2)11-8(9-5)7(3)10/h5-6H,4H2,1-3H3. The van der Waals surface area contributed by atoms with Crippen molar-refractivity contribution in [3.63, 3.8) is 0 Å². The first-order valence-corrected chi connectivity index (χ1v) is 4.73. The molecule has 2 atom stereocenters. The van der Waals surface area contributed by atoms with E-state index in [2.05, 4.69) is 18.8 Å². The highest BCUT2D eigenvalue weighted by atomic mass is 32.2. The van der Waals surface area contributed by atoms with Gasteiger partial charge in [-0.05, 0) is 13.3 Å². The molecule has 3 heteroatoms. The van der Waals surface area contributed by atoms with Gasteiger partial charge in [-0.25, -0.2) is 0 Å². The lowest BCUT2D eigenvalue weighted by Crippen LogP contribution is -2.21. The van der Waals surface area contributed by atoms with E-state index in [4.69, 9.17) is 0 Å². The van der Waals surface area contributed by atoms with Crippen LogP contribution >= 0.6 is 11.8 Å². The van der Waals surface area contributed by atoms with Crippen LogP contribution in [0.5, 0.6) is 0 Å². The van der Waals surface area contributed by atoms with Gasteiger partial charge in [0.05, 0.1) is 0 Å². The molecule has 0 spiro atoms. The molecule has 0 saturated carbocycles. The Bertz CT molecular complexity index is 200. The highest BCUT2D eigenvalue weighted by molar-refractivity contribution is 8.16. The Balaban J connectivity index is 2.72. The van der Waals surface area contributed by atoms with E-state index in [9.17, 15) is 4.79 Å². The maximum atomic E-state index is 10.9. The highest BCUT2D eigenvalue weighted by Gasteiger charge is 2.20. The van der Waals surface area contributed by atoms with E-state index in [0.717, 1.165) is 6.42 Å². The number of hydrogen-bond donors (Lipinski definition) is 0. The molecule has 0 radical (unpaired) electrons. The number of nitrogens with zero attached hydrogens (tertiary/aromatic N) is 1. The SMILES string of the molecule is CC(=O)C1=NC(C)CC(C)S1. The summed E-state index contributed by atoms with van der Waals surface area (Å²) in [5.74, 6) is 0.105. The lowest BCUT2D eigenvalue weighted by Gasteiger charge is -2.20. The summed E-state index contributed by atoms with van der Waals surface area (Å²) in [7, 11) is 0. The van der Waals surface area contributed by atoms with Crippen LogP contribution < -0.4 is 0 Å². The Morgan fingerprint density at radius 3 is 2.73 bits per heavy atom. The van der Waals surface area contributed by atoms with Crippen LogP contribution in [0.2, 0.25) is 0 Å². The van der Waals surface area contributed by atoms with Crippen LogP contribution in [0.15, 0.2) is 4.99 Å². The van der Waals surface area contributed by atoms with Gasteiger partial charge < -0.3 is 0 Å². The van der Waals surface area contributed by atoms with Gasteiger partial charge in [0.1, 0.15) is 5.04 Å². The number of rotatable bonds is 1. The van der Waals surface area contributed by atoms with Gasteiger partial charge in [0.2, 0.25) is 0 Å². The molecule has 1 aliphatic heterocycles. The lowest BCUT2D eigenvalue weighted by molar-refractivity contribution is -0.110. The molecule has 0 aromatic heterocycles. The van der Waals surface area contributed by atoms with E-state index in [-0.39, 0.29) is 5.78 Å². The smallest absolute Gasteiger partial charge is 0.184 e. The monoisotopic (exact) mass is 171 g/mol. The minimum Gasteiger partial charge on any atom is -0.292 e. The largest absolute Gasteiger partial charge is 0.292 e. The number of hydrogen-bond acceptors (Lipinski definition) is 3. The summed E-state index contributed by atoms with van der Waals surface area (Å²) in [5, 5.41) is 1.25. The number of thioether (sulfide) groups is 1. The molecule has 2 unspecified atom stereocenters. The van der Waals surface area contributed by atoms with Crippen molar-refractivity contribution in [2.45, 2.75) is 38.5 Å². The molecule has 11 heavy (non-hydrogen) atoms. The third-order valence-corrected chi connectivity index (χ3v) is 2.84. The fourth-order valence-electron chi connectivity index (χ4n) is 1.18. The van der Waals surface area contributed by atoms with E-state index in [1.165, 1.54) is 0 Å². The van der Waals surface area contributed by atoms with E-state index in [1.807, 2.05) is 0 Å². The minimum absolute atomic E-state index is 0.105. The average Bonchev–Trinajstić information content (AvgIpc) is 1.85. The fraction of sp³-hybridized carbons (Fsp3) is 0.750. The molecule has 0 aliphatic carbocycles. The van der Waals surface area contributed by atoms with Crippen LogP contribution in [0.3, 0.4) is 0 Å². The number of aliphatic imine (C=N–C) groups is 1. The van der Waals surface area contributed by atoms with Crippen molar-refractivity contribution in [1.29, 1.82) is 0 Å². The molecule has 1 heterocycles. The molecule has 62 valence electrons. The number of ketones is 1. The lowest BCUT2D eigenvalue weighted by atomic mass is 10.2. The second-order valence-electron chi connectivity index (χ2n) is 3.00. The predicted octanol–water partition coefficient (Wildman–Crippen LogP) is 1.89. The first kappa shape index (κ1) is 8.78. The second-order valence-corrected chi connectivity index (χ2v) is 4.43. The summed E-state index contributed by atoms with van der Waals surface area (Å²) < 4.78 is 0. The normalized spacial score (nSPS) is 31.4. The molecule has 0 bridgehead atoms. The highest BCUT2D eigenvalue weighted by Crippen LogP contribution is 2.25. The molecule has 0 fully saturated rings. The topological polar surface area (TPSA) is 29.4 Å². The Morgan fingerprint density at radius 2 is 2.27 bits per heavy atom. The molecule has 0 aromatic rings. The van der Waals surface area contributed by atoms with Gasteiger partial charge in [0, 0.05) is 18.2 Å². The third-order valence-electron chi connectivity index (χ3n) is 1.62. The molecular formula is C8H13NOS. The van der Waals surface area contributed by atoms with Crippen molar-refractivity contribution in [2.75, 3.05) is 0 Å². The number of carbonyl (C=O) groups is 1. The predicted molar refractivity (Wildman–Crippen MR) is 49.2 cm³/mol. The minimum atomic E-state index is 0.105. The molecule has 0 amide bonds. The summed E-state index contributed by atoms with van der Waals surface area (Å²) in [6.45, 7) is 5.77. The van der Waals surface area contributed by atoms with E-state index in [1.54, 1.807) is 18.7 Å². The van der Waals surface area contributed by atoms with Crippen LogP contribution in [0, 0.1) is 0 Å². The zero-order chi connectivity index (χ0) is 8.43. The Morgan fingerprint density at radius 1 is 1.64 bits per heavy atom. The van der Waals surface area contributed by atoms with Crippen molar-refractivity contribution in [2.24, 2.45) is 4.99 Å². The molecule has 0 aromatic carbocycles. The summed E-state index contributed by atoms with van der Waals surface area (Å²) in [5.41, 5.74) is 0. The molecule has 2 nitrogen and oxygen atoms in total. The van der Waals surface area contributed by atoms with Gasteiger partial charge in [-0.1, -0.05) is 6.92 Å². The van der Waals surface area contributed by atoms with Gasteiger partial charge in [0.25, 0.3) is 0 Å². The maximum absolute atomic E-state index is 10.9. The molecule has 1 rings (SSSR count). The number of Topliss-reactive ketones (excluding diaryl/α,β-unsaturated/α-hetero) is 1. The summed E-state index contributed by atoms with van der Waals surface area (Å²) in [6, 6.07) is 0.324. The van der Waals surface area contributed by atoms with Gasteiger partial charge in [-0.2, -0.15) is 0 Å². The van der Waals surface area contributed by atoms with E-state index in [0.29, 0.717) is 16.3 Å². The molecule has 0 saturated heterocycles. The van der Waals surface area contributed by atoms with Crippen molar-refractivity contribution in [3.05, 3.63) is 0 Å². The van der Waals surface area contributed by atoms with E-state index >= 15 is 0 Å². The Labute approximate surface area is 71.5 Å². The van der Waals surface area contributed by atoms with Crippen LogP contribution in [-0.2, 0) is 4.79 Å². The average molecular weight is 171 g/mol. The summed E-state index contributed by atoms with van der Waals surface area (Å²) in [4.78, 5) is 15.2. The van der Waals surface area contributed by atoms with Gasteiger partial charge in [-0.3, -0.25) is 9.79 Å². The third kappa shape index (κ3) is 2.33. The summed E-state index contributed by atoms with van der Waals surface area (Å²) in [6.07, 6.45) is 1.08. The van der Waals surface area contributed by atoms with Crippen LogP contribution in [0.4, 0.5) is 0 Å². The second kappa shape index (κ2) is 3.39. The van der Waals surface area contributed by atoms with Crippen LogP contribution in [0.25, 0.3) is 0 Å². The first-order chi connectivity index (χ1) is 5.09. The van der Waals surface area contributed by atoms with Crippen molar-refractivity contribution >= 4 is 22.6 Å². The fourth-order valence-corrected chi connectivity index (χ4v) is 2.34. The summed E-state index contributed by atoms with van der Waals surface area (Å²) >= 11 is 1.60. The van der Waals surface area contributed by atoms with Gasteiger partial charge in [0.15, 0.2) is 5.78 Å². The first-order valence-electron chi connectivity index (χ1n) is 3.85. The van der Waals surface area contributed by atoms with Crippen molar-refractivity contribution in [3.8, 4) is 0 Å². The molecular weight excluding hydrogens is 158 g/mol. The Kier molecular flexibility index (Phi) is 2.71. The van der Waals surface area contributed by atoms with Gasteiger partial charge >= 0.3 is 0 Å². The van der Waals surface area contributed by atoms with Crippen LogP contribution in [0.1, 0.15) is 27.2 Å². The van der Waals surface area contributed by atoms with Crippen LogP contribution in [-0.4, -0.2) is 22.1 Å². The Hall–Kier alpha value is -0.310. The maximum Gasteiger partial charge on any atom is 0.184 e. The van der Waals surface area contributed by atoms with Gasteiger partial charge in [-0.15, -0.1) is 11.8 Å². The van der Waals surface area contributed by atoms with E-state index < -0.39 is 0 Å². The van der Waals surface area contributed by atoms with Crippen molar-refractivity contribution in [1.82, 2.24) is 0 Å². The molecule has 1 aliphatic rings. The molecule has 0 N–H and O–H groups in total. The zero-order valence-corrected chi connectivity index (χ0v) is 7.94. The van der Waals surface area contributed by atoms with Crippen molar-refractivity contribution < 1.29 is 4.79 Å². The zero-order valence-electron chi connectivity index (χ0n) is 7.13. The number of carbonyl (C=O) groups excluding carboxylic acids is 1.